The molecule has 10 heteroatoms. The molecular formula is C21H15ClF3NO5. The molecule has 0 bridgehead atoms. The monoisotopic (exact) mass is 453 g/mol. The van der Waals surface area contributed by atoms with E-state index in [4.69, 9.17) is 26.5 Å². The lowest BCUT2D eigenvalue weighted by atomic mass is 10.1. The molecule has 2 N–H and O–H groups in total. The number of para-hydroxylation sites is 1. The van der Waals surface area contributed by atoms with Crippen LogP contribution in [0.25, 0.3) is 22.3 Å². The summed E-state index contributed by atoms with van der Waals surface area (Å²) in [5.41, 5.74) is 3.64. The van der Waals surface area contributed by atoms with E-state index in [-0.39, 0.29) is 52.5 Å². The van der Waals surface area contributed by atoms with Gasteiger partial charge in [0.1, 0.15) is 11.5 Å². The summed E-state index contributed by atoms with van der Waals surface area (Å²) in [6.45, 7) is -0.175. The predicted octanol–water partition coefficient (Wildman–Crippen LogP) is 4.35. The van der Waals surface area contributed by atoms with E-state index >= 15 is 0 Å². The Bertz CT molecular complexity index is 1220. The van der Waals surface area contributed by atoms with Gasteiger partial charge < -0.3 is 14.9 Å². The molecule has 0 atom stereocenters. The number of benzene rings is 2. The summed E-state index contributed by atoms with van der Waals surface area (Å²) in [4.78, 5) is 34.5. The van der Waals surface area contributed by atoms with E-state index in [1.165, 1.54) is 12.1 Å². The number of alkyl halides is 3. The maximum Gasteiger partial charge on any atom is 0.416 e. The Morgan fingerprint density at radius 2 is 1.87 bits per heavy atom. The molecule has 2 aromatic carbocycles. The number of rotatable bonds is 7. The zero-order chi connectivity index (χ0) is 22.8. The normalized spacial score (nSPS) is 11.5. The number of Topliss-reactive ketones (excluding diaryl/α,β-unsaturated/α-hetero) is 1. The number of halogens is 4. The molecule has 0 aliphatic heterocycles. The lowest BCUT2D eigenvalue weighted by molar-refractivity contribution is -0.137. The third-order valence-electron chi connectivity index (χ3n) is 4.36. The molecule has 0 saturated carbocycles. The second-order valence-corrected chi connectivity index (χ2v) is 6.95. The molecule has 162 valence electrons. The van der Waals surface area contributed by atoms with Gasteiger partial charge in [-0.15, -0.1) is 0 Å². The highest BCUT2D eigenvalue weighted by molar-refractivity contribution is 6.35. The first kappa shape index (κ1) is 22.4. The number of primary amides is 1. The van der Waals surface area contributed by atoms with Gasteiger partial charge in [0.15, 0.2) is 11.0 Å². The van der Waals surface area contributed by atoms with Gasteiger partial charge in [-0.2, -0.15) is 13.2 Å². The maximum absolute atomic E-state index is 13.2. The fourth-order valence-corrected chi connectivity index (χ4v) is 3.05. The van der Waals surface area contributed by atoms with Crippen molar-refractivity contribution < 1.29 is 31.9 Å². The molecule has 0 fully saturated rings. The second-order valence-electron chi connectivity index (χ2n) is 6.54. The quantitative estimate of drug-likeness (QED) is 0.423. The van der Waals surface area contributed by atoms with Gasteiger partial charge in [-0.1, -0.05) is 17.7 Å². The van der Waals surface area contributed by atoms with Crippen molar-refractivity contribution in [3.8, 4) is 17.1 Å². The lowest BCUT2D eigenvalue weighted by Gasteiger charge is -2.14. The molecule has 0 spiro atoms. The van der Waals surface area contributed by atoms with Crippen LogP contribution in [0.4, 0.5) is 13.2 Å². The molecule has 0 unspecified atom stereocenters. The number of hydrogen-bond donors (Lipinski definition) is 1. The van der Waals surface area contributed by atoms with Crippen LogP contribution in [-0.2, 0) is 15.8 Å². The molecule has 1 amide bonds. The second kappa shape index (κ2) is 8.81. The highest BCUT2D eigenvalue weighted by Gasteiger charge is 2.31. The molecule has 0 aliphatic carbocycles. The number of carbonyl (C=O) groups is 2. The molecular weight excluding hydrogens is 439 g/mol. The minimum Gasteiger partial charge on any atom is -0.493 e. The molecule has 1 aromatic heterocycles. The Kier molecular flexibility index (Phi) is 6.35. The Labute approximate surface area is 178 Å². The van der Waals surface area contributed by atoms with Crippen molar-refractivity contribution in [1.82, 2.24) is 0 Å². The number of hydrogen-bond acceptors (Lipinski definition) is 5. The minimum atomic E-state index is -4.63. The van der Waals surface area contributed by atoms with Crippen LogP contribution in [0.3, 0.4) is 0 Å². The zero-order valence-corrected chi connectivity index (χ0v) is 16.5. The van der Waals surface area contributed by atoms with E-state index in [1.807, 2.05) is 0 Å². The van der Waals surface area contributed by atoms with Gasteiger partial charge in [-0.05, 0) is 36.8 Å². The van der Waals surface area contributed by atoms with Gasteiger partial charge in [-0.3, -0.25) is 14.4 Å². The van der Waals surface area contributed by atoms with Gasteiger partial charge >= 0.3 is 6.18 Å². The number of nitrogens with two attached hydrogens (primary N) is 1. The molecule has 0 saturated heterocycles. The first-order valence-corrected chi connectivity index (χ1v) is 9.35. The van der Waals surface area contributed by atoms with Crippen LogP contribution in [0.15, 0.2) is 51.7 Å². The standard InChI is InChI=1S/C21H15ClF3NO5/c22-14-4-1-3-12-16(28)10-18(31-19(12)14)13-7-6-11(21(23,24)25)9-17(13)30-8-2-5-15(27)20(26)29/h1,3-4,6-7,9-10H,2,5,8H2,(H2,26,29). The highest BCUT2D eigenvalue weighted by Crippen LogP contribution is 2.38. The minimum absolute atomic E-state index is 0.0393. The van der Waals surface area contributed by atoms with E-state index in [2.05, 4.69) is 0 Å². The molecule has 1 heterocycles. The van der Waals surface area contributed by atoms with Crippen LogP contribution < -0.4 is 15.9 Å². The Hall–Kier alpha value is -3.33. The van der Waals surface area contributed by atoms with E-state index in [0.717, 1.165) is 24.3 Å². The van der Waals surface area contributed by atoms with Crippen molar-refractivity contribution in [3.05, 3.63) is 63.3 Å². The van der Waals surface area contributed by atoms with Crippen LogP contribution in [0.5, 0.6) is 5.75 Å². The average Bonchev–Trinajstić information content (AvgIpc) is 2.70. The summed E-state index contributed by atoms with van der Waals surface area (Å²) in [5, 5.41) is 0.381. The van der Waals surface area contributed by atoms with Crippen LogP contribution in [-0.4, -0.2) is 18.3 Å². The number of ketones is 1. The van der Waals surface area contributed by atoms with Crippen LogP contribution in [0.2, 0.25) is 5.02 Å². The van der Waals surface area contributed by atoms with E-state index < -0.39 is 28.9 Å². The number of fused-ring (bicyclic) bond motifs is 1. The molecule has 3 aromatic rings. The van der Waals surface area contributed by atoms with Gasteiger partial charge in [0.05, 0.1) is 28.1 Å². The molecule has 3 rings (SSSR count). The lowest BCUT2D eigenvalue weighted by Crippen LogP contribution is -2.23. The van der Waals surface area contributed by atoms with Gasteiger partial charge in [-0.25, -0.2) is 0 Å². The van der Waals surface area contributed by atoms with Crippen molar-refractivity contribution in [2.24, 2.45) is 5.73 Å². The molecule has 31 heavy (non-hydrogen) atoms. The van der Waals surface area contributed by atoms with Gasteiger partial charge in [0.2, 0.25) is 5.78 Å². The Balaban J connectivity index is 2.00. The Morgan fingerprint density at radius 1 is 1.13 bits per heavy atom. The van der Waals surface area contributed by atoms with Crippen LogP contribution in [0.1, 0.15) is 18.4 Å². The zero-order valence-electron chi connectivity index (χ0n) is 15.8. The SMILES string of the molecule is NC(=O)C(=O)CCCOc1cc(C(F)(F)F)ccc1-c1cc(=O)c2cccc(Cl)c2o1. The van der Waals surface area contributed by atoms with Crippen molar-refractivity contribution in [2.75, 3.05) is 6.61 Å². The fourth-order valence-electron chi connectivity index (χ4n) is 2.84. The van der Waals surface area contributed by atoms with E-state index in [0.29, 0.717) is 0 Å². The van der Waals surface area contributed by atoms with Gasteiger partial charge in [0, 0.05) is 12.5 Å². The first-order valence-electron chi connectivity index (χ1n) is 8.97. The molecule has 6 nitrogen and oxygen atoms in total. The van der Waals surface area contributed by atoms with Crippen molar-refractivity contribution in [1.29, 1.82) is 0 Å². The smallest absolute Gasteiger partial charge is 0.416 e. The summed E-state index contributed by atoms with van der Waals surface area (Å²) >= 11 is 6.09. The summed E-state index contributed by atoms with van der Waals surface area (Å²) in [5.74, 6) is -2.17. The number of carbonyl (C=O) groups excluding carboxylic acids is 2. The average molecular weight is 454 g/mol. The van der Waals surface area contributed by atoms with E-state index in [1.54, 1.807) is 6.07 Å². The van der Waals surface area contributed by atoms with Crippen molar-refractivity contribution in [2.45, 2.75) is 19.0 Å². The predicted molar refractivity (Wildman–Crippen MR) is 107 cm³/mol. The third-order valence-corrected chi connectivity index (χ3v) is 4.66. The van der Waals surface area contributed by atoms with E-state index in [9.17, 15) is 27.6 Å². The molecule has 0 radical (unpaired) electrons. The first-order chi connectivity index (χ1) is 14.6. The summed E-state index contributed by atoms with van der Waals surface area (Å²) in [6, 6.07) is 8.44. The number of ether oxygens (including phenoxy) is 1. The topological polar surface area (TPSA) is 99.6 Å². The Morgan fingerprint density at radius 3 is 2.55 bits per heavy atom. The summed E-state index contributed by atoms with van der Waals surface area (Å²) < 4.78 is 50.6. The van der Waals surface area contributed by atoms with Crippen LogP contribution >= 0.6 is 11.6 Å². The largest absolute Gasteiger partial charge is 0.493 e. The van der Waals surface area contributed by atoms with Gasteiger partial charge in [0.25, 0.3) is 5.91 Å². The third kappa shape index (κ3) is 5.05. The van der Waals surface area contributed by atoms with Crippen molar-refractivity contribution in [3.63, 3.8) is 0 Å². The molecule has 0 aliphatic rings. The summed E-state index contributed by atoms with van der Waals surface area (Å²) in [7, 11) is 0. The number of amides is 1. The van der Waals surface area contributed by atoms with Crippen molar-refractivity contribution >= 4 is 34.3 Å². The maximum atomic E-state index is 13.2. The fraction of sp³-hybridized carbons (Fsp3) is 0.190. The summed E-state index contributed by atoms with van der Waals surface area (Å²) in [6.07, 6.45) is -4.80. The highest BCUT2D eigenvalue weighted by atomic mass is 35.5. The van der Waals surface area contributed by atoms with Crippen LogP contribution in [0, 0.1) is 0 Å².